The van der Waals surface area contributed by atoms with Crippen LogP contribution in [-0.4, -0.2) is 31.3 Å². The minimum atomic E-state index is -0.100. The highest BCUT2D eigenvalue weighted by Gasteiger charge is 2.20. The monoisotopic (exact) mass is 301 g/mol. The molecule has 1 aliphatic rings. The van der Waals surface area contributed by atoms with Gasteiger partial charge in [-0.25, -0.2) is 0 Å². The molecule has 2 heterocycles. The molecule has 3 rings (SSSR count). The van der Waals surface area contributed by atoms with Crippen LogP contribution in [-0.2, 0) is 11.2 Å². The Morgan fingerprint density at radius 2 is 2.32 bits per heavy atom. The second kappa shape index (κ2) is 6.09. The van der Waals surface area contributed by atoms with Crippen LogP contribution in [0, 0.1) is 6.92 Å². The summed E-state index contributed by atoms with van der Waals surface area (Å²) in [5.41, 5.74) is 2.31. The summed E-state index contributed by atoms with van der Waals surface area (Å²) in [6, 6.07) is 7.68. The predicted octanol–water partition coefficient (Wildman–Crippen LogP) is 2.38. The molecule has 0 spiro atoms. The van der Waals surface area contributed by atoms with Crippen molar-refractivity contribution in [3.63, 3.8) is 0 Å². The summed E-state index contributed by atoms with van der Waals surface area (Å²) in [5, 5.41) is 6.53. The second-order valence-electron chi connectivity index (χ2n) is 5.39. The van der Waals surface area contributed by atoms with Crippen LogP contribution in [0.1, 0.15) is 17.7 Å². The van der Waals surface area contributed by atoms with Crippen molar-refractivity contribution in [2.24, 2.45) is 0 Å². The van der Waals surface area contributed by atoms with Gasteiger partial charge in [0.05, 0.1) is 13.7 Å². The van der Waals surface area contributed by atoms with Gasteiger partial charge in [0.2, 0.25) is 5.91 Å². The smallest absolute Gasteiger partial charge is 0.245 e. The fraction of sp³-hybridized carbons (Fsp3) is 0.375. The molecular weight excluding hydrogens is 282 g/mol. The zero-order chi connectivity index (χ0) is 15.5. The summed E-state index contributed by atoms with van der Waals surface area (Å²) in [6.07, 6.45) is 2.03. The minimum absolute atomic E-state index is 0.100. The molecule has 6 nitrogen and oxygen atoms in total. The normalized spacial score (nSPS) is 13.6. The van der Waals surface area contributed by atoms with Crippen LogP contribution < -0.4 is 15.0 Å². The fourth-order valence-electron chi connectivity index (χ4n) is 2.72. The molecule has 0 fully saturated rings. The van der Waals surface area contributed by atoms with Crippen LogP contribution in [0.3, 0.4) is 0 Å². The number of aryl methyl sites for hydroxylation is 2. The van der Waals surface area contributed by atoms with Crippen LogP contribution in [0.15, 0.2) is 28.8 Å². The second-order valence-corrected chi connectivity index (χ2v) is 5.39. The van der Waals surface area contributed by atoms with Crippen molar-refractivity contribution >= 4 is 17.4 Å². The first kappa shape index (κ1) is 14.4. The molecule has 2 aromatic rings. The molecular formula is C16H19N3O3. The first-order valence-corrected chi connectivity index (χ1v) is 7.31. The fourth-order valence-corrected chi connectivity index (χ4v) is 2.72. The molecule has 6 heteroatoms. The van der Waals surface area contributed by atoms with Crippen molar-refractivity contribution in [2.45, 2.75) is 19.8 Å². The molecule has 1 N–H and O–H groups in total. The van der Waals surface area contributed by atoms with Crippen molar-refractivity contribution in [3.05, 3.63) is 35.6 Å². The molecule has 0 radical (unpaired) electrons. The van der Waals surface area contributed by atoms with E-state index < -0.39 is 0 Å². The van der Waals surface area contributed by atoms with Gasteiger partial charge in [0.15, 0.2) is 5.82 Å². The van der Waals surface area contributed by atoms with E-state index in [1.165, 1.54) is 5.56 Å². The van der Waals surface area contributed by atoms with Gasteiger partial charge in [-0.2, -0.15) is 0 Å². The van der Waals surface area contributed by atoms with E-state index in [0.29, 0.717) is 18.1 Å². The maximum atomic E-state index is 12.2. The Kier molecular flexibility index (Phi) is 4.00. The van der Waals surface area contributed by atoms with Crippen molar-refractivity contribution in [1.29, 1.82) is 0 Å². The number of fused-ring (bicyclic) bond motifs is 1. The van der Waals surface area contributed by atoms with Crippen molar-refractivity contribution in [2.75, 3.05) is 30.4 Å². The quantitative estimate of drug-likeness (QED) is 0.939. The van der Waals surface area contributed by atoms with Gasteiger partial charge in [-0.05, 0) is 43.5 Å². The van der Waals surface area contributed by atoms with Crippen molar-refractivity contribution in [1.82, 2.24) is 5.16 Å². The van der Waals surface area contributed by atoms with Gasteiger partial charge in [-0.1, -0.05) is 5.16 Å². The Labute approximate surface area is 129 Å². The number of rotatable bonds is 4. The first-order valence-electron chi connectivity index (χ1n) is 7.31. The van der Waals surface area contributed by atoms with Gasteiger partial charge in [0.1, 0.15) is 11.5 Å². The molecule has 0 saturated heterocycles. The first-order chi connectivity index (χ1) is 10.7. The number of hydrogen-bond donors (Lipinski definition) is 1. The molecule has 0 unspecified atom stereocenters. The predicted molar refractivity (Wildman–Crippen MR) is 83.4 cm³/mol. The van der Waals surface area contributed by atoms with Gasteiger partial charge in [-0.15, -0.1) is 0 Å². The van der Waals surface area contributed by atoms with Gasteiger partial charge in [-0.3, -0.25) is 4.79 Å². The molecule has 22 heavy (non-hydrogen) atoms. The van der Waals surface area contributed by atoms with Crippen molar-refractivity contribution in [3.8, 4) is 5.75 Å². The zero-order valence-electron chi connectivity index (χ0n) is 12.8. The molecule has 0 bridgehead atoms. The zero-order valence-corrected chi connectivity index (χ0v) is 12.8. The lowest BCUT2D eigenvalue weighted by Crippen LogP contribution is -2.36. The number of nitrogens with one attached hydrogen (secondary N) is 1. The highest BCUT2D eigenvalue weighted by atomic mass is 16.5. The lowest BCUT2D eigenvalue weighted by Gasteiger charge is -2.30. The molecule has 1 aromatic carbocycles. The van der Waals surface area contributed by atoms with E-state index in [2.05, 4.69) is 15.4 Å². The number of aromatic nitrogens is 1. The molecule has 0 saturated carbocycles. The largest absolute Gasteiger partial charge is 0.497 e. The summed E-state index contributed by atoms with van der Waals surface area (Å²) < 4.78 is 10.2. The van der Waals surface area contributed by atoms with Gasteiger partial charge < -0.3 is 19.5 Å². The number of nitrogens with zero attached hydrogens (tertiary/aromatic N) is 2. The van der Waals surface area contributed by atoms with E-state index in [4.69, 9.17) is 9.26 Å². The SMILES string of the molecule is COc1ccc2c(c1)CCCN2CC(=O)Nc1cc(C)on1. The summed E-state index contributed by atoms with van der Waals surface area (Å²) in [5.74, 6) is 1.88. The average molecular weight is 301 g/mol. The molecule has 0 aliphatic carbocycles. The standard InChI is InChI=1S/C16H19N3O3/c1-11-8-15(18-22-11)17-16(20)10-19-7-3-4-12-9-13(21-2)5-6-14(12)19/h5-6,8-9H,3-4,7,10H2,1-2H3,(H,17,18,20). The third-order valence-corrected chi connectivity index (χ3v) is 3.73. The third kappa shape index (κ3) is 3.05. The van der Waals surface area contributed by atoms with E-state index in [1.54, 1.807) is 20.1 Å². The number of carbonyl (C=O) groups is 1. The molecule has 1 amide bonds. The lowest BCUT2D eigenvalue weighted by atomic mass is 10.0. The molecule has 1 aliphatic heterocycles. The Morgan fingerprint density at radius 1 is 1.45 bits per heavy atom. The van der Waals surface area contributed by atoms with Crippen LogP contribution >= 0.6 is 0 Å². The Hall–Kier alpha value is -2.50. The number of carbonyl (C=O) groups excluding carboxylic acids is 1. The number of methoxy groups -OCH3 is 1. The van der Waals surface area contributed by atoms with Crippen LogP contribution in [0.25, 0.3) is 0 Å². The summed E-state index contributed by atoms with van der Waals surface area (Å²) >= 11 is 0. The van der Waals surface area contributed by atoms with Crippen LogP contribution in [0.2, 0.25) is 0 Å². The van der Waals surface area contributed by atoms with E-state index >= 15 is 0 Å². The Morgan fingerprint density at radius 3 is 3.05 bits per heavy atom. The third-order valence-electron chi connectivity index (χ3n) is 3.73. The van der Waals surface area contributed by atoms with E-state index in [1.807, 2.05) is 18.2 Å². The maximum absolute atomic E-state index is 12.2. The Bertz CT molecular complexity index is 681. The number of hydrogen-bond acceptors (Lipinski definition) is 5. The highest BCUT2D eigenvalue weighted by molar-refractivity contribution is 5.93. The molecule has 1 aromatic heterocycles. The summed E-state index contributed by atoms with van der Waals surface area (Å²) in [6.45, 7) is 2.95. The van der Waals surface area contributed by atoms with Crippen LogP contribution in [0.5, 0.6) is 5.75 Å². The maximum Gasteiger partial charge on any atom is 0.245 e. The van der Waals surface area contributed by atoms with Gasteiger partial charge >= 0.3 is 0 Å². The van der Waals surface area contributed by atoms with E-state index in [-0.39, 0.29) is 5.91 Å². The number of ether oxygens (including phenoxy) is 1. The minimum Gasteiger partial charge on any atom is -0.497 e. The highest BCUT2D eigenvalue weighted by Crippen LogP contribution is 2.30. The van der Waals surface area contributed by atoms with Gasteiger partial charge in [0.25, 0.3) is 0 Å². The molecule has 0 atom stereocenters. The number of anilines is 2. The average Bonchev–Trinajstić information content (AvgIpc) is 2.92. The number of amides is 1. The lowest BCUT2D eigenvalue weighted by molar-refractivity contribution is -0.115. The summed E-state index contributed by atoms with van der Waals surface area (Å²) in [7, 11) is 1.66. The van der Waals surface area contributed by atoms with Crippen LogP contribution in [0.4, 0.5) is 11.5 Å². The Balaban J connectivity index is 1.70. The van der Waals surface area contributed by atoms with Crippen molar-refractivity contribution < 1.29 is 14.1 Å². The number of benzene rings is 1. The topological polar surface area (TPSA) is 67.6 Å². The van der Waals surface area contributed by atoms with E-state index in [9.17, 15) is 4.79 Å². The molecule has 116 valence electrons. The van der Waals surface area contributed by atoms with Gasteiger partial charge in [0, 0.05) is 18.3 Å². The van der Waals surface area contributed by atoms with E-state index in [0.717, 1.165) is 30.8 Å². The summed E-state index contributed by atoms with van der Waals surface area (Å²) in [4.78, 5) is 14.2.